The molecule has 2 unspecified atom stereocenters. The summed E-state index contributed by atoms with van der Waals surface area (Å²) in [7, 11) is 1.80. The van der Waals surface area contributed by atoms with Gasteiger partial charge in [0.25, 0.3) is 0 Å². The number of hydrogen-bond acceptors (Lipinski definition) is 3. The fraction of sp³-hybridized carbons (Fsp3) is 0.579. The summed E-state index contributed by atoms with van der Waals surface area (Å²) in [5, 5.41) is 3.59. The Morgan fingerprint density at radius 1 is 1.41 bits per heavy atom. The molecule has 0 saturated carbocycles. The van der Waals surface area contributed by atoms with E-state index in [4.69, 9.17) is 4.74 Å². The Balaban J connectivity index is 1.74. The Bertz CT molecular complexity index is 458. The van der Waals surface area contributed by atoms with Crippen LogP contribution in [0.4, 0.5) is 0 Å². The zero-order chi connectivity index (χ0) is 15.8. The number of rotatable bonds is 8. The van der Waals surface area contributed by atoms with Crippen molar-refractivity contribution in [1.82, 2.24) is 10.2 Å². The summed E-state index contributed by atoms with van der Waals surface area (Å²) in [6.45, 7) is 8.54. The molecule has 1 heterocycles. The quantitative estimate of drug-likeness (QED) is 0.798. The molecule has 0 bridgehead atoms. The van der Waals surface area contributed by atoms with Gasteiger partial charge in [-0.05, 0) is 38.8 Å². The number of ether oxygens (including phenoxy) is 1. The van der Waals surface area contributed by atoms with Crippen LogP contribution in [0.1, 0.15) is 32.3 Å². The van der Waals surface area contributed by atoms with Crippen molar-refractivity contribution in [3.8, 4) is 0 Å². The van der Waals surface area contributed by atoms with Crippen molar-refractivity contribution in [3.63, 3.8) is 0 Å². The van der Waals surface area contributed by atoms with Gasteiger partial charge in [0.2, 0.25) is 0 Å². The number of methoxy groups -OCH3 is 1. The van der Waals surface area contributed by atoms with Crippen molar-refractivity contribution >= 4 is 6.08 Å². The third-order valence-electron chi connectivity index (χ3n) is 4.40. The summed E-state index contributed by atoms with van der Waals surface area (Å²) in [6.07, 6.45) is 4.82. The highest BCUT2D eigenvalue weighted by atomic mass is 16.5. The summed E-state index contributed by atoms with van der Waals surface area (Å²) in [5.74, 6) is 0. The standard InChI is InChI=1S/C19H30N2O/c1-16(12-18-8-5-4-6-9-18)13-20-14-17(2)21-11-7-10-19(21)15-22-3/h4-6,8-9,12,17,19-20H,7,10-11,13-15H2,1-3H3. The van der Waals surface area contributed by atoms with Gasteiger partial charge < -0.3 is 10.1 Å². The average Bonchev–Trinajstić information content (AvgIpc) is 2.97. The highest BCUT2D eigenvalue weighted by Crippen LogP contribution is 2.20. The molecular formula is C19H30N2O. The van der Waals surface area contributed by atoms with E-state index >= 15 is 0 Å². The maximum Gasteiger partial charge on any atom is 0.0618 e. The minimum absolute atomic E-state index is 0.562. The van der Waals surface area contributed by atoms with Gasteiger partial charge in [-0.15, -0.1) is 0 Å². The lowest BCUT2D eigenvalue weighted by atomic mass is 10.1. The van der Waals surface area contributed by atoms with E-state index in [1.54, 1.807) is 7.11 Å². The molecule has 122 valence electrons. The molecule has 1 N–H and O–H groups in total. The van der Waals surface area contributed by atoms with Crippen molar-refractivity contribution in [2.75, 3.05) is 33.4 Å². The Kier molecular flexibility index (Phi) is 7.10. The van der Waals surface area contributed by atoms with Crippen LogP contribution < -0.4 is 5.32 Å². The van der Waals surface area contributed by atoms with Gasteiger partial charge in [0, 0.05) is 32.3 Å². The maximum absolute atomic E-state index is 5.34. The Morgan fingerprint density at radius 2 is 2.18 bits per heavy atom. The summed E-state index contributed by atoms with van der Waals surface area (Å²) < 4.78 is 5.34. The number of benzene rings is 1. The van der Waals surface area contributed by atoms with Crippen LogP contribution in [0.2, 0.25) is 0 Å². The highest BCUT2D eigenvalue weighted by molar-refractivity contribution is 5.52. The predicted molar refractivity (Wildman–Crippen MR) is 94.0 cm³/mol. The van der Waals surface area contributed by atoms with E-state index < -0.39 is 0 Å². The molecule has 0 aromatic heterocycles. The number of nitrogens with zero attached hydrogens (tertiary/aromatic N) is 1. The topological polar surface area (TPSA) is 24.5 Å². The van der Waals surface area contributed by atoms with Crippen LogP contribution in [0.3, 0.4) is 0 Å². The third-order valence-corrected chi connectivity index (χ3v) is 4.40. The van der Waals surface area contributed by atoms with Crippen LogP contribution in [-0.2, 0) is 4.74 Å². The van der Waals surface area contributed by atoms with Crippen LogP contribution in [0.5, 0.6) is 0 Å². The van der Waals surface area contributed by atoms with Gasteiger partial charge in [0.1, 0.15) is 0 Å². The second kappa shape index (κ2) is 9.09. The van der Waals surface area contributed by atoms with Gasteiger partial charge >= 0.3 is 0 Å². The van der Waals surface area contributed by atoms with Crippen molar-refractivity contribution < 1.29 is 4.74 Å². The molecule has 2 atom stereocenters. The molecule has 0 radical (unpaired) electrons. The molecule has 0 aliphatic carbocycles. The van der Waals surface area contributed by atoms with Gasteiger partial charge in [-0.2, -0.15) is 0 Å². The minimum atomic E-state index is 0.562. The van der Waals surface area contributed by atoms with Gasteiger partial charge in [-0.25, -0.2) is 0 Å². The highest BCUT2D eigenvalue weighted by Gasteiger charge is 2.27. The van der Waals surface area contributed by atoms with E-state index in [0.29, 0.717) is 12.1 Å². The van der Waals surface area contributed by atoms with E-state index in [0.717, 1.165) is 19.7 Å². The van der Waals surface area contributed by atoms with Crippen LogP contribution in [0.15, 0.2) is 35.9 Å². The molecular weight excluding hydrogens is 272 g/mol. The van der Waals surface area contributed by atoms with Gasteiger partial charge in [-0.3, -0.25) is 4.90 Å². The van der Waals surface area contributed by atoms with Gasteiger partial charge in [-0.1, -0.05) is 42.0 Å². The smallest absolute Gasteiger partial charge is 0.0618 e. The van der Waals surface area contributed by atoms with E-state index in [-0.39, 0.29) is 0 Å². The lowest BCUT2D eigenvalue weighted by Gasteiger charge is -2.30. The van der Waals surface area contributed by atoms with Gasteiger partial charge in [0.15, 0.2) is 0 Å². The fourth-order valence-corrected chi connectivity index (χ4v) is 3.29. The first-order chi connectivity index (χ1) is 10.7. The zero-order valence-corrected chi connectivity index (χ0v) is 14.2. The molecule has 1 fully saturated rings. The Hall–Kier alpha value is -1.16. The molecule has 1 aliphatic rings. The van der Waals surface area contributed by atoms with Gasteiger partial charge in [0.05, 0.1) is 6.61 Å². The molecule has 2 rings (SSSR count). The SMILES string of the molecule is COCC1CCCN1C(C)CNCC(C)=Cc1ccccc1. The summed E-state index contributed by atoms with van der Waals surface area (Å²) in [5.41, 5.74) is 2.64. The Morgan fingerprint density at radius 3 is 2.91 bits per heavy atom. The molecule has 3 heteroatoms. The minimum Gasteiger partial charge on any atom is -0.383 e. The molecule has 0 spiro atoms. The number of nitrogens with one attached hydrogen (secondary N) is 1. The van der Waals surface area contributed by atoms with Crippen molar-refractivity contribution in [3.05, 3.63) is 41.5 Å². The third kappa shape index (κ3) is 5.24. The van der Waals surface area contributed by atoms with Crippen molar-refractivity contribution in [2.24, 2.45) is 0 Å². The molecule has 22 heavy (non-hydrogen) atoms. The van der Waals surface area contributed by atoms with E-state index in [1.165, 1.54) is 30.5 Å². The van der Waals surface area contributed by atoms with Crippen LogP contribution in [0.25, 0.3) is 6.08 Å². The molecule has 1 aromatic carbocycles. The lowest BCUT2D eigenvalue weighted by Crippen LogP contribution is -2.44. The molecule has 0 amide bonds. The summed E-state index contributed by atoms with van der Waals surface area (Å²) in [4.78, 5) is 2.59. The number of likely N-dealkylation sites (tertiary alicyclic amines) is 1. The summed E-state index contributed by atoms with van der Waals surface area (Å²) >= 11 is 0. The second-order valence-corrected chi connectivity index (χ2v) is 6.37. The van der Waals surface area contributed by atoms with Crippen molar-refractivity contribution in [1.29, 1.82) is 0 Å². The van der Waals surface area contributed by atoms with E-state index in [9.17, 15) is 0 Å². The van der Waals surface area contributed by atoms with Crippen LogP contribution >= 0.6 is 0 Å². The zero-order valence-electron chi connectivity index (χ0n) is 14.2. The average molecular weight is 302 g/mol. The maximum atomic E-state index is 5.34. The molecule has 1 aromatic rings. The first kappa shape index (κ1) is 17.2. The fourth-order valence-electron chi connectivity index (χ4n) is 3.29. The van der Waals surface area contributed by atoms with Crippen molar-refractivity contribution in [2.45, 2.75) is 38.8 Å². The number of hydrogen-bond donors (Lipinski definition) is 1. The first-order valence-electron chi connectivity index (χ1n) is 8.38. The molecule has 1 aliphatic heterocycles. The Labute approximate surface area is 135 Å². The summed E-state index contributed by atoms with van der Waals surface area (Å²) in [6, 6.07) is 11.7. The molecule has 3 nitrogen and oxygen atoms in total. The predicted octanol–water partition coefficient (Wildman–Crippen LogP) is 3.18. The first-order valence-corrected chi connectivity index (χ1v) is 8.38. The molecule has 1 saturated heterocycles. The van der Waals surface area contributed by atoms with Crippen LogP contribution in [0, 0.1) is 0 Å². The monoisotopic (exact) mass is 302 g/mol. The second-order valence-electron chi connectivity index (χ2n) is 6.37. The van der Waals surface area contributed by atoms with E-state index in [1.807, 2.05) is 0 Å². The normalized spacial score (nSPS) is 21.2. The largest absolute Gasteiger partial charge is 0.383 e. The lowest BCUT2D eigenvalue weighted by molar-refractivity contribution is 0.0935. The van der Waals surface area contributed by atoms with E-state index in [2.05, 4.69) is 60.5 Å². The van der Waals surface area contributed by atoms with Crippen LogP contribution in [-0.4, -0.2) is 50.3 Å².